The van der Waals surface area contributed by atoms with E-state index in [4.69, 9.17) is 19.2 Å². The van der Waals surface area contributed by atoms with Gasteiger partial charge in [-0.25, -0.2) is 14.6 Å². The third-order valence-corrected chi connectivity index (χ3v) is 9.92. The van der Waals surface area contributed by atoms with Gasteiger partial charge in [-0.15, -0.1) is 0 Å². The molecule has 2 aromatic heterocycles. The van der Waals surface area contributed by atoms with E-state index in [0.717, 1.165) is 29.0 Å². The van der Waals surface area contributed by atoms with Crippen LogP contribution in [0.25, 0.3) is 22.3 Å². The Bertz CT molecular complexity index is 1770. The number of benzene rings is 1. The summed E-state index contributed by atoms with van der Waals surface area (Å²) in [5.74, 6) is -1.35. The van der Waals surface area contributed by atoms with Gasteiger partial charge >= 0.3 is 18.0 Å². The van der Waals surface area contributed by atoms with Crippen molar-refractivity contribution < 1.29 is 33.7 Å². The van der Waals surface area contributed by atoms with Crippen LogP contribution in [-0.2, 0) is 49.0 Å². The van der Waals surface area contributed by atoms with Crippen molar-refractivity contribution in [1.29, 1.82) is 0 Å². The van der Waals surface area contributed by atoms with Gasteiger partial charge in [0.25, 0.3) is 5.56 Å². The van der Waals surface area contributed by atoms with Crippen molar-refractivity contribution in [2.24, 2.45) is 0 Å². The number of aromatic hydroxyl groups is 1. The molecule has 12 heteroatoms. The second kappa shape index (κ2) is 11.6. The van der Waals surface area contributed by atoms with Crippen LogP contribution >= 0.6 is 0 Å². The Morgan fingerprint density at radius 3 is 2.56 bits per heavy atom. The van der Waals surface area contributed by atoms with Gasteiger partial charge < -0.3 is 29.2 Å². The topological polar surface area (TPSA) is 146 Å². The highest BCUT2D eigenvalue weighted by atomic mass is 28.3. The second-order valence-electron chi connectivity index (χ2n) is 13.9. The zero-order valence-electron chi connectivity index (χ0n) is 27.0. The SMILES string of the molecule is CC[C@@]1(OC(=O)CCNC(=O)OC(C)(C)C)C(=O)OCc2c1cc1n(c2=O)Cc2c-1nc1ccc(O)cc1c2CC[Si](C)(C)C. The average Bonchev–Trinajstić information content (AvgIpc) is 3.30. The second-order valence-corrected chi connectivity index (χ2v) is 19.5. The number of hydrogen-bond acceptors (Lipinski definition) is 9. The van der Waals surface area contributed by atoms with Gasteiger partial charge in [-0.1, -0.05) is 32.6 Å². The first kappa shape index (κ1) is 32.2. The summed E-state index contributed by atoms with van der Waals surface area (Å²) in [4.78, 5) is 57.4. The maximum atomic E-state index is 14.0. The molecule has 1 atom stereocenters. The maximum absolute atomic E-state index is 14.0. The number of hydrogen-bond donors (Lipinski definition) is 2. The number of carbonyl (C=O) groups excluding carboxylic acids is 3. The Morgan fingerprint density at radius 1 is 1.16 bits per heavy atom. The lowest BCUT2D eigenvalue weighted by molar-refractivity contribution is -0.189. The minimum Gasteiger partial charge on any atom is -0.508 e. The van der Waals surface area contributed by atoms with E-state index in [2.05, 4.69) is 25.0 Å². The fraction of sp³-hybridized carbons (Fsp3) is 0.485. The summed E-state index contributed by atoms with van der Waals surface area (Å²) in [7, 11) is -1.44. The van der Waals surface area contributed by atoms with Crippen LogP contribution in [-0.4, -0.2) is 52.9 Å². The van der Waals surface area contributed by atoms with Gasteiger partial charge in [-0.2, -0.15) is 0 Å². The molecule has 11 nitrogen and oxygen atoms in total. The molecule has 0 bridgehead atoms. The Kier molecular flexibility index (Phi) is 8.32. The fourth-order valence-electron chi connectivity index (χ4n) is 5.92. The van der Waals surface area contributed by atoms with Crippen LogP contribution in [0.4, 0.5) is 4.79 Å². The van der Waals surface area contributed by atoms with Gasteiger partial charge in [0.05, 0.1) is 35.4 Å². The maximum Gasteiger partial charge on any atom is 0.407 e. The summed E-state index contributed by atoms with van der Waals surface area (Å²) in [6.45, 7) is 13.8. The normalized spacial score (nSPS) is 17.3. The molecule has 0 saturated heterocycles. The number of phenolic OH excluding ortho intramolecular Hbond substituents is 1. The number of ether oxygens (including phenoxy) is 3. The first-order valence-electron chi connectivity index (χ1n) is 15.3. The highest BCUT2D eigenvalue weighted by molar-refractivity contribution is 6.76. The standard InChI is InChI=1S/C33H41N3O8Si/c1-8-33(43-27(38)11-13-34-31(41)44-32(2,3)4)24-16-26-28-22(17-36(26)29(39)23(24)18-42-30(33)40)20(12-14-45(5,6)7)21-15-19(37)9-10-25(21)35-28/h9-10,15-16,37H,8,11-14,17-18H2,1-7H3,(H,34,41)/t33-/m0/s1. The number of cyclic esters (lactones) is 1. The molecular formula is C33H41N3O8Si. The Balaban J connectivity index is 1.54. The van der Waals surface area contributed by atoms with Crippen molar-refractivity contribution >= 4 is 37.0 Å². The van der Waals surface area contributed by atoms with E-state index >= 15 is 0 Å². The number of amides is 1. The third-order valence-electron chi connectivity index (χ3n) is 8.17. The molecule has 45 heavy (non-hydrogen) atoms. The lowest BCUT2D eigenvalue weighted by atomic mass is 9.85. The predicted octanol–water partition coefficient (Wildman–Crippen LogP) is 5.13. The van der Waals surface area contributed by atoms with Crippen molar-refractivity contribution in [3.8, 4) is 17.1 Å². The summed E-state index contributed by atoms with van der Waals surface area (Å²) in [5.41, 5.74) is 1.49. The lowest BCUT2D eigenvalue weighted by Crippen LogP contribution is -2.47. The molecular weight excluding hydrogens is 594 g/mol. The number of phenols is 1. The number of aryl methyl sites for hydroxylation is 1. The number of carbonyl (C=O) groups is 3. The molecule has 2 aliphatic rings. The van der Waals surface area contributed by atoms with Gasteiger partial charge in [0.1, 0.15) is 18.0 Å². The zero-order valence-corrected chi connectivity index (χ0v) is 28.0. The molecule has 0 aliphatic carbocycles. The number of alkyl carbamates (subject to hydrolysis) is 1. The van der Waals surface area contributed by atoms with E-state index in [1.807, 2.05) is 0 Å². The van der Waals surface area contributed by atoms with Crippen LogP contribution in [0.5, 0.6) is 5.75 Å². The van der Waals surface area contributed by atoms with E-state index in [1.165, 1.54) is 0 Å². The summed E-state index contributed by atoms with van der Waals surface area (Å²) < 4.78 is 18.1. The summed E-state index contributed by atoms with van der Waals surface area (Å²) in [6, 6.07) is 7.83. The van der Waals surface area contributed by atoms with Crippen molar-refractivity contribution in [3.05, 3.63) is 56.9 Å². The van der Waals surface area contributed by atoms with E-state index < -0.39 is 37.3 Å². The minimum absolute atomic E-state index is 0.0334. The number of nitrogens with one attached hydrogen (secondary N) is 1. The molecule has 5 rings (SSSR count). The average molecular weight is 636 g/mol. The molecule has 2 aliphatic heterocycles. The smallest absolute Gasteiger partial charge is 0.407 e. The highest BCUT2D eigenvalue weighted by Crippen LogP contribution is 2.42. The Hall–Kier alpha value is -4.19. The number of fused-ring (bicyclic) bond motifs is 5. The first-order valence-corrected chi connectivity index (χ1v) is 19.0. The lowest BCUT2D eigenvalue weighted by Gasteiger charge is -2.35. The molecule has 0 fully saturated rings. The van der Waals surface area contributed by atoms with Crippen molar-refractivity contribution in [2.45, 2.75) is 97.0 Å². The minimum atomic E-state index is -1.84. The van der Waals surface area contributed by atoms with Gasteiger partial charge in [-0.3, -0.25) is 9.59 Å². The zero-order chi connectivity index (χ0) is 32.9. The summed E-state index contributed by atoms with van der Waals surface area (Å²) in [5, 5.41) is 13.7. The van der Waals surface area contributed by atoms with Gasteiger partial charge in [-0.05, 0) is 63.4 Å². The molecule has 0 saturated carbocycles. The van der Waals surface area contributed by atoms with Crippen LogP contribution in [0.2, 0.25) is 25.7 Å². The number of aromatic nitrogens is 2. The van der Waals surface area contributed by atoms with Crippen LogP contribution in [0.15, 0.2) is 29.1 Å². The molecule has 2 N–H and O–H groups in total. The largest absolute Gasteiger partial charge is 0.508 e. The van der Waals surface area contributed by atoms with E-state index in [1.54, 1.807) is 56.5 Å². The number of esters is 2. The van der Waals surface area contributed by atoms with E-state index in [9.17, 15) is 24.3 Å². The molecule has 4 heterocycles. The number of nitrogens with zero attached hydrogens (tertiary/aromatic N) is 2. The first-order chi connectivity index (χ1) is 21.0. The van der Waals surface area contributed by atoms with Crippen LogP contribution in [0, 0.1) is 0 Å². The summed E-state index contributed by atoms with van der Waals surface area (Å²) in [6.07, 6.45) is -0.0916. The van der Waals surface area contributed by atoms with Gasteiger partial charge in [0.15, 0.2) is 0 Å². The van der Waals surface area contributed by atoms with Crippen LogP contribution in [0.1, 0.15) is 62.8 Å². The van der Waals surface area contributed by atoms with E-state index in [0.29, 0.717) is 23.4 Å². The molecule has 240 valence electrons. The van der Waals surface area contributed by atoms with Crippen molar-refractivity contribution in [2.75, 3.05) is 6.54 Å². The monoisotopic (exact) mass is 635 g/mol. The quantitative estimate of drug-likeness (QED) is 0.153. The molecule has 0 spiro atoms. The van der Waals surface area contributed by atoms with Gasteiger partial charge in [0.2, 0.25) is 5.60 Å². The predicted molar refractivity (Wildman–Crippen MR) is 171 cm³/mol. The molecule has 0 unspecified atom stereocenters. The van der Waals surface area contributed by atoms with Crippen LogP contribution < -0.4 is 10.9 Å². The number of pyridine rings is 2. The highest BCUT2D eigenvalue weighted by Gasteiger charge is 2.50. The van der Waals surface area contributed by atoms with Crippen molar-refractivity contribution in [3.63, 3.8) is 0 Å². The summed E-state index contributed by atoms with van der Waals surface area (Å²) >= 11 is 0. The Labute approximate surface area is 262 Å². The van der Waals surface area contributed by atoms with Crippen LogP contribution in [0.3, 0.4) is 0 Å². The van der Waals surface area contributed by atoms with Crippen molar-refractivity contribution in [1.82, 2.24) is 14.9 Å². The van der Waals surface area contributed by atoms with Gasteiger partial charge in [0, 0.05) is 31.1 Å². The third kappa shape index (κ3) is 6.33. The molecule has 1 aromatic carbocycles. The Morgan fingerprint density at radius 2 is 1.89 bits per heavy atom. The molecule has 3 aromatic rings. The number of rotatable bonds is 8. The molecule has 0 radical (unpaired) electrons. The molecule has 1 amide bonds. The fourth-order valence-corrected chi connectivity index (χ4v) is 6.92. The van der Waals surface area contributed by atoms with E-state index in [-0.39, 0.29) is 48.4 Å².